The van der Waals surface area contributed by atoms with Gasteiger partial charge in [0.15, 0.2) is 5.96 Å². The van der Waals surface area contributed by atoms with Gasteiger partial charge in [0.1, 0.15) is 18.1 Å². The number of rotatable bonds is 7. The van der Waals surface area contributed by atoms with Crippen LogP contribution in [0.4, 0.5) is 5.69 Å². The summed E-state index contributed by atoms with van der Waals surface area (Å²) in [5.74, 6) is 2.82. The van der Waals surface area contributed by atoms with Crippen LogP contribution in [0.5, 0.6) is 5.75 Å². The van der Waals surface area contributed by atoms with E-state index in [1.165, 1.54) is 11.3 Å². The molecule has 32 heavy (non-hydrogen) atoms. The molecule has 7 heteroatoms. The standard InChI is InChI=1S/C25H32N6O/c1-3-26-25(28-19-24-27-13-14-31(24)20-21-7-5-4-6-8-21)30-17-15-29(16-18-30)22-9-11-23(32-2)12-10-22/h4-14H,3,15-20H2,1-2H3,(H,26,28). The first-order chi connectivity index (χ1) is 15.8. The van der Waals surface area contributed by atoms with Crippen molar-refractivity contribution in [2.24, 2.45) is 4.99 Å². The highest BCUT2D eigenvalue weighted by Gasteiger charge is 2.20. The van der Waals surface area contributed by atoms with Gasteiger partial charge in [-0.2, -0.15) is 0 Å². The van der Waals surface area contributed by atoms with E-state index in [0.29, 0.717) is 6.54 Å². The molecule has 1 saturated heterocycles. The van der Waals surface area contributed by atoms with Crippen molar-refractivity contribution in [2.45, 2.75) is 20.0 Å². The molecule has 1 aliphatic heterocycles. The number of nitrogens with zero attached hydrogens (tertiary/aromatic N) is 5. The summed E-state index contributed by atoms with van der Waals surface area (Å²) in [5, 5.41) is 3.46. The van der Waals surface area contributed by atoms with Crippen molar-refractivity contribution in [1.29, 1.82) is 0 Å². The second-order valence-electron chi connectivity index (χ2n) is 7.80. The Morgan fingerprint density at radius 3 is 2.47 bits per heavy atom. The van der Waals surface area contributed by atoms with E-state index < -0.39 is 0 Å². The molecule has 0 amide bonds. The summed E-state index contributed by atoms with van der Waals surface area (Å²) in [6.07, 6.45) is 3.88. The van der Waals surface area contributed by atoms with Crippen molar-refractivity contribution in [1.82, 2.24) is 19.8 Å². The van der Waals surface area contributed by atoms with E-state index in [2.05, 4.69) is 68.0 Å². The number of ether oxygens (including phenoxy) is 1. The Balaban J connectivity index is 1.38. The molecule has 0 bridgehead atoms. The number of methoxy groups -OCH3 is 1. The van der Waals surface area contributed by atoms with Gasteiger partial charge in [-0.1, -0.05) is 30.3 Å². The lowest BCUT2D eigenvalue weighted by Gasteiger charge is -2.37. The van der Waals surface area contributed by atoms with Crippen LogP contribution in [-0.4, -0.2) is 60.2 Å². The smallest absolute Gasteiger partial charge is 0.194 e. The molecule has 0 aliphatic carbocycles. The summed E-state index contributed by atoms with van der Waals surface area (Å²) >= 11 is 0. The molecule has 2 heterocycles. The van der Waals surface area contributed by atoms with Crippen LogP contribution in [0.1, 0.15) is 18.3 Å². The van der Waals surface area contributed by atoms with Crippen LogP contribution in [0, 0.1) is 0 Å². The number of imidazole rings is 1. The second-order valence-corrected chi connectivity index (χ2v) is 7.80. The zero-order valence-electron chi connectivity index (χ0n) is 18.9. The Morgan fingerprint density at radius 1 is 1.03 bits per heavy atom. The van der Waals surface area contributed by atoms with Crippen LogP contribution in [0.25, 0.3) is 0 Å². The molecule has 0 unspecified atom stereocenters. The maximum Gasteiger partial charge on any atom is 0.194 e. The summed E-state index contributed by atoms with van der Waals surface area (Å²) in [7, 11) is 1.70. The molecule has 0 spiro atoms. The van der Waals surface area contributed by atoms with Gasteiger partial charge in [-0.25, -0.2) is 9.98 Å². The molecule has 1 N–H and O–H groups in total. The molecule has 1 aliphatic rings. The van der Waals surface area contributed by atoms with Crippen LogP contribution in [0.15, 0.2) is 72.0 Å². The van der Waals surface area contributed by atoms with Crippen LogP contribution >= 0.6 is 0 Å². The monoisotopic (exact) mass is 432 g/mol. The fourth-order valence-corrected chi connectivity index (χ4v) is 3.96. The third kappa shape index (κ3) is 5.41. The highest BCUT2D eigenvalue weighted by molar-refractivity contribution is 5.80. The molecular formula is C25H32N6O. The number of hydrogen-bond donors (Lipinski definition) is 1. The number of piperazine rings is 1. The lowest BCUT2D eigenvalue weighted by Crippen LogP contribution is -2.52. The topological polar surface area (TPSA) is 57.9 Å². The molecule has 0 atom stereocenters. The SMILES string of the molecule is CCNC(=NCc1nccn1Cc1ccccc1)N1CCN(c2ccc(OC)cc2)CC1. The van der Waals surface area contributed by atoms with Crippen LogP contribution < -0.4 is 15.0 Å². The van der Waals surface area contributed by atoms with Gasteiger partial charge in [0.25, 0.3) is 0 Å². The number of aliphatic imine (C=N–C) groups is 1. The van der Waals surface area contributed by atoms with E-state index in [0.717, 1.165) is 56.8 Å². The predicted molar refractivity (Wildman–Crippen MR) is 129 cm³/mol. The molecule has 168 valence electrons. The van der Waals surface area contributed by atoms with Crippen molar-refractivity contribution >= 4 is 11.6 Å². The zero-order valence-corrected chi connectivity index (χ0v) is 18.9. The van der Waals surface area contributed by atoms with E-state index in [4.69, 9.17) is 9.73 Å². The minimum Gasteiger partial charge on any atom is -0.497 e. The van der Waals surface area contributed by atoms with E-state index in [-0.39, 0.29) is 0 Å². The molecule has 1 fully saturated rings. The minimum atomic E-state index is 0.556. The molecule has 4 rings (SSSR count). The van der Waals surface area contributed by atoms with Gasteiger partial charge in [0, 0.05) is 57.3 Å². The lowest BCUT2D eigenvalue weighted by atomic mass is 10.2. The second kappa shape index (κ2) is 10.7. The maximum absolute atomic E-state index is 5.27. The molecular weight excluding hydrogens is 400 g/mol. The molecule has 2 aromatic carbocycles. The predicted octanol–water partition coefficient (Wildman–Crippen LogP) is 3.23. The average molecular weight is 433 g/mol. The van der Waals surface area contributed by atoms with Gasteiger partial charge in [-0.3, -0.25) is 0 Å². The third-order valence-electron chi connectivity index (χ3n) is 5.72. The summed E-state index contributed by atoms with van der Waals surface area (Å²) in [4.78, 5) is 14.2. The van der Waals surface area contributed by atoms with Crippen LogP contribution in [0.3, 0.4) is 0 Å². The highest BCUT2D eigenvalue weighted by atomic mass is 16.5. The number of hydrogen-bond acceptors (Lipinski definition) is 4. The van der Waals surface area contributed by atoms with Gasteiger partial charge in [0.2, 0.25) is 0 Å². The minimum absolute atomic E-state index is 0.556. The normalized spacial score (nSPS) is 14.5. The Morgan fingerprint density at radius 2 is 1.78 bits per heavy atom. The summed E-state index contributed by atoms with van der Waals surface area (Å²) in [6, 6.07) is 18.7. The summed E-state index contributed by atoms with van der Waals surface area (Å²) in [5.41, 5.74) is 2.49. The first-order valence-electron chi connectivity index (χ1n) is 11.2. The Labute approximate surface area is 190 Å². The first-order valence-corrected chi connectivity index (χ1v) is 11.2. The molecule has 1 aromatic heterocycles. The van der Waals surface area contributed by atoms with Gasteiger partial charge in [-0.15, -0.1) is 0 Å². The number of anilines is 1. The van der Waals surface area contributed by atoms with E-state index in [1.54, 1.807) is 7.11 Å². The quantitative estimate of drug-likeness (QED) is 0.459. The molecule has 0 saturated carbocycles. The first kappa shape index (κ1) is 21.7. The van der Waals surface area contributed by atoms with Gasteiger partial charge in [0.05, 0.1) is 7.11 Å². The number of nitrogens with one attached hydrogen (secondary N) is 1. The van der Waals surface area contributed by atoms with Gasteiger partial charge < -0.3 is 24.4 Å². The number of aromatic nitrogens is 2. The average Bonchev–Trinajstić information content (AvgIpc) is 3.29. The summed E-state index contributed by atoms with van der Waals surface area (Å²) < 4.78 is 7.44. The largest absolute Gasteiger partial charge is 0.497 e. The van der Waals surface area contributed by atoms with Gasteiger partial charge in [-0.05, 0) is 36.8 Å². The Kier molecular flexibility index (Phi) is 7.27. The molecule has 7 nitrogen and oxygen atoms in total. The third-order valence-corrected chi connectivity index (χ3v) is 5.72. The highest BCUT2D eigenvalue weighted by Crippen LogP contribution is 2.20. The zero-order chi connectivity index (χ0) is 22.2. The lowest BCUT2D eigenvalue weighted by molar-refractivity contribution is 0.372. The van der Waals surface area contributed by atoms with E-state index in [9.17, 15) is 0 Å². The number of benzene rings is 2. The van der Waals surface area contributed by atoms with Crippen molar-refractivity contribution in [2.75, 3.05) is 44.7 Å². The fourth-order valence-electron chi connectivity index (χ4n) is 3.96. The maximum atomic E-state index is 5.27. The van der Waals surface area contributed by atoms with Crippen molar-refractivity contribution in [3.8, 4) is 5.75 Å². The fraction of sp³-hybridized carbons (Fsp3) is 0.360. The van der Waals surface area contributed by atoms with Crippen LogP contribution in [0.2, 0.25) is 0 Å². The number of guanidine groups is 1. The molecule has 3 aromatic rings. The van der Waals surface area contributed by atoms with Crippen molar-refractivity contribution < 1.29 is 4.74 Å². The van der Waals surface area contributed by atoms with Crippen molar-refractivity contribution in [3.05, 3.63) is 78.4 Å². The van der Waals surface area contributed by atoms with Gasteiger partial charge >= 0.3 is 0 Å². The molecule has 0 radical (unpaired) electrons. The Bertz CT molecular complexity index is 991. The van der Waals surface area contributed by atoms with Crippen LogP contribution in [-0.2, 0) is 13.1 Å². The van der Waals surface area contributed by atoms with Crippen molar-refractivity contribution in [3.63, 3.8) is 0 Å². The van der Waals surface area contributed by atoms with E-state index >= 15 is 0 Å². The summed E-state index contributed by atoms with van der Waals surface area (Å²) in [6.45, 7) is 8.09. The Hall–Kier alpha value is -3.48. The van der Waals surface area contributed by atoms with E-state index in [1.807, 2.05) is 30.6 Å².